The van der Waals surface area contributed by atoms with Crippen molar-refractivity contribution in [3.8, 4) is 0 Å². The molecule has 2 heterocycles. The molecule has 0 bridgehead atoms. The van der Waals surface area contributed by atoms with Gasteiger partial charge in [0.1, 0.15) is 43.2 Å². The summed E-state index contributed by atoms with van der Waals surface area (Å²) in [6.07, 6.45) is 5.45. The minimum absolute atomic E-state index is 0.110. The Labute approximate surface area is 249 Å². The van der Waals surface area contributed by atoms with Crippen LogP contribution in [0.2, 0.25) is 0 Å². The Morgan fingerprint density at radius 2 is 1.19 bits per heavy atom. The molecule has 0 aliphatic carbocycles. The molecule has 0 aromatic heterocycles. The van der Waals surface area contributed by atoms with Gasteiger partial charge in [-0.1, -0.05) is 96.8 Å². The maximum atomic E-state index is 12.5. The van der Waals surface area contributed by atoms with Crippen LogP contribution in [0.5, 0.6) is 0 Å². The van der Waals surface area contributed by atoms with Gasteiger partial charge < -0.3 is 54.7 Å². The Kier molecular flexibility index (Phi) is 17.9. The highest BCUT2D eigenvalue weighted by molar-refractivity contribution is 5.69. The number of carbonyl (C=O) groups is 1. The summed E-state index contributed by atoms with van der Waals surface area (Å²) in [4.78, 5) is 12.5. The maximum absolute atomic E-state index is 12.5. The minimum atomic E-state index is -2.28. The molecule has 0 saturated carbocycles. The van der Waals surface area contributed by atoms with Crippen LogP contribution in [0.25, 0.3) is 0 Å². The van der Waals surface area contributed by atoms with E-state index in [9.17, 15) is 40.5 Å². The summed E-state index contributed by atoms with van der Waals surface area (Å²) >= 11 is 0. The smallest absolute Gasteiger partial charge is 0.306 e. The number of unbranched alkanes of at least 4 members (excludes halogenated alkanes) is 14. The van der Waals surface area contributed by atoms with E-state index in [4.69, 9.17) is 18.9 Å². The summed E-state index contributed by atoms with van der Waals surface area (Å²) in [5.41, 5.74) is 0. The summed E-state index contributed by atoms with van der Waals surface area (Å²) < 4.78 is 21.7. The van der Waals surface area contributed by atoms with Gasteiger partial charge >= 0.3 is 5.97 Å². The second-order valence-corrected chi connectivity index (χ2v) is 11.7. The summed E-state index contributed by atoms with van der Waals surface area (Å²) in [5, 5.41) is 70.4. The fourth-order valence-electron chi connectivity index (χ4n) is 5.61. The van der Waals surface area contributed by atoms with Gasteiger partial charge in [0.05, 0.1) is 13.2 Å². The van der Waals surface area contributed by atoms with E-state index in [-0.39, 0.29) is 6.42 Å². The molecule has 0 aromatic carbocycles. The molecule has 9 atom stereocenters. The van der Waals surface area contributed by atoms with Crippen LogP contribution in [0.1, 0.15) is 110 Å². The molecular formula is C30H56O12. The molecule has 248 valence electrons. The Morgan fingerprint density at radius 1 is 0.690 bits per heavy atom. The van der Waals surface area contributed by atoms with Crippen molar-refractivity contribution in [3.05, 3.63) is 0 Å². The Hall–Kier alpha value is -0.930. The normalized spacial score (nSPS) is 33.2. The van der Waals surface area contributed by atoms with Gasteiger partial charge in [-0.25, -0.2) is 0 Å². The van der Waals surface area contributed by atoms with Gasteiger partial charge in [-0.15, -0.1) is 0 Å². The summed E-state index contributed by atoms with van der Waals surface area (Å²) in [6, 6.07) is 0. The average molecular weight is 609 g/mol. The first-order valence-corrected chi connectivity index (χ1v) is 16.0. The number of ether oxygens (including phenoxy) is 4. The third-order valence-electron chi connectivity index (χ3n) is 8.30. The first kappa shape index (κ1) is 37.3. The number of hydrogen-bond donors (Lipinski definition) is 7. The molecule has 42 heavy (non-hydrogen) atoms. The van der Waals surface area contributed by atoms with E-state index >= 15 is 0 Å². The molecule has 0 unspecified atom stereocenters. The molecule has 2 fully saturated rings. The van der Waals surface area contributed by atoms with E-state index in [1.165, 1.54) is 70.6 Å². The molecule has 7 N–H and O–H groups in total. The second kappa shape index (κ2) is 20.2. The number of rotatable bonds is 22. The molecule has 0 radical (unpaired) electrons. The SMILES string of the molecule is CCCCCCCCCCCCCCCCCC(=O)O[C@@H]1[C@@H](CO)O[C@@](CO)(O[C@H]2O[C@H](CO)[C@@H](O)[C@H](O)[C@H]2O)[C@H]1O. The lowest BCUT2D eigenvalue weighted by molar-refractivity contribution is -0.383. The topological polar surface area (TPSA) is 196 Å². The highest BCUT2D eigenvalue weighted by atomic mass is 16.8. The number of aliphatic hydroxyl groups excluding tert-OH is 7. The summed E-state index contributed by atoms with van der Waals surface area (Å²) in [7, 11) is 0. The summed E-state index contributed by atoms with van der Waals surface area (Å²) in [6.45, 7) is -0.123. The van der Waals surface area contributed by atoms with Gasteiger partial charge in [-0.2, -0.15) is 0 Å². The fourth-order valence-corrected chi connectivity index (χ4v) is 5.61. The first-order chi connectivity index (χ1) is 20.2. The molecule has 2 rings (SSSR count). The van der Waals surface area contributed by atoms with Crippen molar-refractivity contribution in [2.45, 2.75) is 164 Å². The zero-order chi connectivity index (χ0) is 31.0. The Morgan fingerprint density at radius 3 is 1.67 bits per heavy atom. The van der Waals surface area contributed by atoms with Crippen molar-refractivity contribution in [3.63, 3.8) is 0 Å². The van der Waals surface area contributed by atoms with Crippen LogP contribution in [-0.4, -0.2) is 116 Å². The van der Waals surface area contributed by atoms with Crippen LogP contribution in [0, 0.1) is 0 Å². The molecule has 2 aliphatic heterocycles. The van der Waals surface area contributed by atoms with E-state index in [1.54, 1.807) is 0 Å². The molecule has 12 heteroatoms. The van der Waals surface area contributed by atoms with E-state index in [0.29, 0.717) is 6.42 Å². The quantitative estimate of drug-likeness (QED) is 0.0691. The second-order valence-electron chi connectivity index (χ2n) is 11.7. The highest BCUT2D eigenvalue weighted by Gasteiger charge is 2.60. The zero-order valence-electron chi connectivity index (χ0n) is 25.2. The molecule has 0 aromatic rings. The predicted molar refractivity (Wildman–Crippen MR) is 152 cm³/mol. The van der Waals surface area contributed by atoms with Crippen molar-refractivity contribution < 1.29 is 59.5 Å². The van der Waals surface area contributed by atoms with E-state index in [2.05, 4.69) is 6.92 Å². The minimum Gasteiger partial charge on any atom is -0.456 e. The van der Waals surface area contributed by atoms with Crippen LogP contribution >= 0.6 is 0 Å². The fraction of sp³-hybridized carbons (Fsp3) is 0.967. The molecule has 12 nitrogen and oxygen atoms in total. The van der Waals surface area contributed by atoms with Crippen LogP contribution in [0.3, 0.4) is 0 Å². The number of hydrogen-bond acceptors (Lipinski definition) is 12. The Bertz CT molecular complexity index is 724. The van der Waals surface area contributed by atoms with Crippen LogP contribution in [-0.2, 0) is 23.7 Å². The number of aliphatic hydroxyl groups is 7. The third-order valence-corrected chi connectivity index (χ3v) is 8.30. The van der Waals surface area contributed by atoms with Crippen molar-refractivity contribution in [1.29, 1.82) is 0 Å². The van der Waals surface area contributed by atoms with E-state index in [1.807, 2.05) is 0 Å². The Balaban J connectivity index is 1.68. The van der Waals surface area contributed by atoms with Gasteiger partial charge in [-0.05, 0) is 6.42 Å². The van der Waals surface area contributed by atoms with Crippen molar-refractivity contribution in [2.24, 2.45) is 0 Å². The summed E-state index contributed by atoms with van der Waals surface area (Å²) in [5.74, 6) is -2.88. The van der Waals surface area contributed by atoms with Crippen LogP contribution in [0.4, 0.5) is 0 Å². The lowest BCUT2D eigenvalue weighted by Crippen LogP contribution is -2.62. The predicted octanol–water partition coefficient (Wildman–Crippen LogP) is 1.42. The molecule has 2 saturated heterocycles. The van der Waals surface area contributed by atoms with Gasteiger partial charge in [0.15, 0.2) is 12.4 Å². The molecular weight excluding hydrogens is 552 g/mol. The zero-order valence-corrected chi connectivity index (χ0v) is 25.2. The van der Waals surface area contributed by atoms with Gasteiger partial charge in [0, 0.05) is 6.42 Å². The molecule has 2 aliphatic rings. The van der Waals surface area contributed by atoms with Crippen molar-refractivity contribution >= 4 is 5.97 Å². The van der Waals surface area contributed by atoms with Crippen LogP contribution < -0.4 is 0 Å². The molecule has 0 spiro atoms. The third kappa shape index (κ3) is 11.2. The van der Waals surface area contributed by atoms with Crippen molar-refractivity contribution in [1.82, 2.24) is 0 Å². The number of carbonyl (C=O) groups excluding carboxylic acids is 1. The van der Waals surface area contributed by atoms with Gasteiger partial charge in [-0.3, -0.25) is 4.79 Å². The monoisotopic (exact) mass is 608 g/mol. The lowest BCUT2D eigenvalue weighted by Gasteiger charge is -2.43. The maximum Gasteiger partial charge on any atom is 0.306 e. The average Bonchev–Trinajstić information content (AvgIpc) is 3.25. The van der Waals surface area contributed by atoms with Gasteiger partial charge in [0.25, 0.3) is 0 Å². The largest absolute Gasteiger partial charge is 0.456 e. The van der Waals surface area contributed by atoms with E-state index in [0.717, 1.165) is 19.3 Å². The molecule has 0 amide bonds. The standard InChI is InChI=1S/C30H56O12/c1-2-3-4-5-6-7-8-9-10-11-12-13-14-15-16-17-23(34)40-27-22(19-32)41-30(20-33,28(27)38)42-29-26(37)25(36)24(35)21(18-31)39-29/h21-22,24-29,31-33,35-38H,2-20H2,1H3/t21-,22-,24-,25+,26-,27-,28+,29-,30+/m1/s1. The van der Waals surface area contributed by atoms with Crippen molar-refractivity contribution in [2.75, 3.05) is 19.8 Å². The van der Waals surface area contributed by atoms with Gasteiger partial charge in [0.2, 0.25) is 5.79 Å². The first-order valence-electron chi connectivity index (χ1n) is 16.0. The van der Waals surface area contributed by atoms with Crippen LogP contribution in [0.15, 0.2) is 0 Å². The van der Waals surface area contributed by atoms with E-state index < -0.39 is 80.6 Å². The highest BCUT2D eigenvalue weighted by Crippen LogP contribution is 2.37. The lowest BCUT2D eigenvalue weighted by atomic mass is 9.99. The number of esters is 1.